The van der Waals surface area contributed by atoms with Gasteiger partial charge in [-0.25, -0.2) is 0 Å². The van der Waals surface area contributed by atoms with E-state index in [9.17, 15) is 9.90 Å². The molecule has 3 aliphatic carbocycles. The van der Waals surface area contributed by atoms with Crippen molar-refractivity contribution in [1.29, 1.82) is 0 Å². The molecule has 2 heterocycles. The Balaban J connectivity index is 1.58. The third-order valence-electron chi connectivity index (χ3n) is 7.83. The van der Waals surface area contributed by atoms with Crippen LogP contribution in [0.4, 0.5) is 0 Å². The van der Waals surface area contributed by atoms with E-state index in [0.717, 1.165) is 48.7 Å². The van der Waals surface area contributed by atoms with Crippen LogP contribution in [-0.2, 0) is 16.6 Å². The number of hydrogen-bond acceptors (Lipinski definition) is 4. The summed E-state index contributed by atoms with van der Waals surface area (Å²) in [6, 6.07) is 4.34. The van der Waals surface area contributed by atoms with Gasteiger partial charge in [0, 0.05) is 30.1 Å². The van der Waals surface area contributed by atoms with E-state index < -0.39 is 17.1 Å². The Hall–Kier alpha value is -1.65. The van der Waals surface area contributed by atoms with Crippen molar-refractivity contribution in [2.75, 3.05) is 13.1 Å². The predicted octanol–water partition coefficient (Wildman–Crippen LogP) is 2.46. The van der Waals surface area contributed by atoms with Crippen LogP contribution in [0.3, 0.4) is 0 Å². The largest absolute Gasteiger partial charge is 0.481 e. The molecule has 0 aromatic heterocycles. The number of hydrogen-bond donors (Lipinski definition) is 1. The average molecular weight is 351 g/mol. The lowest BCUT2D eigenvalue weighted by molar-refractivity contribution is -0.188. The van der Waals surface area contributed by atoms with Crippen molar-refractivity contribution in [3.05, 3.63) is 35.4 Å². The number of piperidine rings is 1. The number of rotatable bonds is 3. The molecule has 1 aromatic rings. The van der Waals surface area contributed by atoms with Gasteiger partial charge in [0.1, 0.15) is 5.75 Å². The molecule has 3 fully saturated rings. The fourth-order valence-electron chi connectivity index (χ4n) is 6.46. The maximum atomic E-state index is 12.9. The van der Waals surface area contributed by atoms with Gasteiger partial charge in [0.2, 0.25) is 0 Å². The molecular weight excluding hydrogens is 326 g/mol. The van der Waals surface area contributed by atoms with Crippen molar-refractivity contribution in [2.45, 2.75) is 61.7 Å². The van der Waals surface area contributed by atoms with Gasteiger partial charge in [0.25, 0.3) is 0 Å². The van der Waals surface area contributed by atoms with Gasteiger partial charge in [-0.05, 0) is 50.1 Å². The summed E-state index contributed by atoms with van der Waals surface area (Å²) in [6.07, 6.45) is 6.57. The van der Waals surface area contributed by atoms with Gasteiger partial charge in [-0.15, -0.1) is 0 Å². The zero-order chi connectivity index (χ0) is 17.7. The molecule has 4 atom stereocenters. The Morgan fingerprint density at radius 3 is 2.96 bits per heavy atom. The van der Waals surface area contributed by atoms with Crippen LogP contribution in [0, 0.1) is 5.92 Å². The van der Waals surface area contributed by atoms with E-state index in [1.807, 2.05) is 0 Å². The number of nitrogens with zero attached hydrogens (tertiary/aromatic N) is 1. The second-order valence-corrected chi connectivity index (χ2v) is 8.99. The molecule has 6 rings (SSSR count). The molecule has 4 nitrogen and oxygen atoms in total. The van der Waals surface area contributed by atoms with E-state index in [1.165, 1.54) is 18.4 Å². The summed E-state index contributed by atoms with van der Waals surface area (Å²) < 4.78 is 6.31. The van der Waals surface area contributed by atoms with Crippen molar-refractivity contribution >= 4 is 11.9 Å². The van der Waals surface area contributed by atoms with Crippen LogP contribution in [0.2, 0.25) is 0 Å². The van der Waals surface area contributed by atoms with Crippen molar-refractivity contribution in [1.82, 2.24) is 4.90 Å². The van der Waals surface area contributed by atoms with Crippen molar-refractivity contribution in [3.63, 3.8) is 0 Å². The molecule has 1 aromatic carbocycles. The zero-order valence-corrected chi connectivity index (χ0v) is 15.0. The van der Waals surface area contributed by atoms with Crippen LogP contribution in [0.25, 0.3) is 6.08 Å². The van der Waals surface area contributed by atoms with Crippen molar-refractivity contribution < 1.29 is 14.6 Å². The lowest BCUT2D eigenvalue weighted by Crippen LogP contribution is -2.76. The third kappa shape index (κ3) is 1.62. The number of Topliss-reactive ketones (excluding diaryl/α,β-unsaturated/α-hetero) is 1. The number of likely N-dealkylation sites (tertiary alicyclic amines) is 1. The molecule has 1 spiro atoms. The van der Waals surface area contributed by atoms with E-state index in [4.69, 9.17) is 4.74 Å². The summed E-state index contributed by atoms with van der Waals surface area (Å²) in [5, 5.41) is 12.1. The molecule has 5 aliphatic rings. The van der Waals surface area contributed by atoms with E-state index in [-0.39, 0.29) is 11.8 Å². The normalized spacial score (nSPS) is 40.1. The Morgan fingerprint density at radius 2 is 2.19 bits per heavy atom. The van der Waals surface area contributed by atoms with E-state index in [1.54, 1.807) is 6.08 Å². The molecule has 26 heavy (non-hydrogen) atoms. The van der Waals surface area contributed by atoms with Gasteiger partial charge >= 0.3 is 0 Å². The van der Waals surface area contributed by atoms with E-state index in [2.05, 4.69) is 23.6 Å². The highest BCUT2D eigenvalue weighted by Crippen LogP contribution is 2.64. The molecule has 0 amide bonds. The summed E-state index contributed by atoms with van der Waals surface area (Å²) in [4.78, 5) is 15.4. The molecule has 1 N–H and O–H groups in total. The first-order valence-electron chi connectivity index (χ1n) is 10.0. The van der Waals surface area contributed by atoms with Gasteiger partial charge in [0.05, 0.1) is 11.0 Å². The third-order valence-corrected chi connectivity index (χ3v) is 7.83. The standard InChI is InChI=1S/C22H25NO3/c1-2-14-5-6-15-11-17-22(25)8-7-16(24)20-21(22,18(15)19(14)26-20)9-10-23(17)12-13-3-4-13/h2,5-6,13,17,20,25H,1,3-4,7-12H2/t17-,20+,21+,22-/m1/s1. The summed E-state index contributed by atoms with van der Waals surface area (Å²) in [7, 11) is 0. The first-order chi connectivity index (χ1) is 12.6. The monoisotopic (exact) mass is 351 g/mol. The molecule has 2 saturated carbocycles. The Bertz CT molecular complexity index is 844. The SMILES string of the molecule is C=Cc1ccc2c3c1O[C@H]1C(=O)CC[C@@]4(O)[C@@H](C2)N(CC2CC2)CC[C@]314. The Kier molecular flexibility index (Phi) is 2.84. The quantitative estimate of drug-likeness (QED) is 0.909. The lowest BCUT2D eigenvalue weighted by atomic mass is 9.49. The number of ether oxygens (including phenoxy) is 1. The molecule has 2 bridgehead atoms. The molecule has 0 radical (unpaired) electrons. The number of benzene rings is 1. The fourth-order valence-corrected chi connectivity index (χ4v) is 6.46. The number of carbonyl (C=O) groups is 1. The minimum Gasteiger partial charge on any atom is -0.481 e. The van der Waals surface area contributed by atoms with Crippen LogP contribution >= 0.6 is 0 Å². The highest BCUT2D eigenvalue weighted by molar-refractivity contribution is 5.90. The summed E-state index contributed by atoms with van der Waals surface area (Å²) in [5.41, 5.74) is 1.91. The highest BCUT2D eigenvalue weighted by Gasteiger charge is 2.72. The number of carbonyl (C=O) groups excluding carboxylic acids is 1. The fraction of sp³-hybridized carbons (Fsp3) is 0.591. The topological polar surface area (TPSA) is 49.8 Å². The number of ketones is 1. The van der Waals surface area contributed by atoms with Crippen LogP contribution in [0.5, 0.6) is 5.75 Å². The molecule has 136 valence electrons. The van der Waals surface area contributed by atoms with Crippen LogP contribution in [0.15, 0.2) is 18.7 Å². The van der Waals surface area contributed by atoms with Gasteiger partial charge in [-0.2, -0.15) is 0 Å². The van der Waals surface area contributed by atoms with Gasteiger partial charge in [-0.3, -0.25) is 9.69 Å². The maximum absolute atomic E-state index is 12.9. The maximum Gasteiger partial charge on any atom is 0.174 e. The summed E-state index contributed by atoms with van der Waals surface area (Å²) in [6.45, 7) is 5.97. The van der Waals surface area contributed by atoms with E-state index >= 15 is 0 Å². The first-order valence-corrected chi connectivity index (χ1v) is 10.0. The molecule has 2 aliphatic heterocycles. The Morgan fingerprint density at radius 1 is 1.35 bits per heavy atom. The lowest BCUT2D eigenvalue weighted by Gasteiger charge is -2.62. The van der Waals surface area contributed by atoms with Crippen molar-refractivity contribution in [2.24, 2.45) is 5.92 Å². The minimum absolute atomic E-state index is 0.101. The number of aliphatic hydroxyl groups is 1. The first kappa shape index (κ1) is 15.4. The second kappa shape index (κ2) is 4.79. The zero-order valence-electron chi connectivity index (χ0n) is 15.0. The summed E-state index contributed by atoms with van der Waals surface area (Å²) >= 11 is 0. The smallest absolute Gasteiger partial charge is 0.174 e. The van der Waals surface area contributed by atoms with Crippen LogP contribution in [0.1, 0.15) is 48.8 Å². The van der Waals surface area contributed by atoms with Crippen LogP contribution < -0.4 is 4.74 Å². The minimum atomic E-state index is -0.864. The van der Waals surface area contributed by atoms with Gasteiger partial charge in [0.15, 0.2) is 11.9 Å². The summed E-state index contributed by atoms with van der Waals surface area (Å²) in [5.74, 6) is 1.77. The Labute approximate surface area is 153 Å². The highest BCUT2D eigenvalue weighted by atomic mass is 16.5. The molecule has 1 saturated heterocycles. The van der Waals surface area contributed by atoms with E-state index in [0.29, 0.717) is 12.8 Å². The molecular formula is C22H25NO3. The van der Waals surface area contributed by atoms with Gasteiger partial charge < -0.3 is 9.84 Å². The van der Waals surface area contributed by atoms with Gasteiger partial charge in [-0.1, -0.05) is 24.8 Å². The molecule has 0 unspecified atom stereocenters. The molecule has 4 heteroatoms. The predicted molar refractivity (Wildman–Crippen MR) is 98.2 cm³/mol. The average Bonchev–Trinajstić information content (AvgIpc) is 3.37. The van der Waals surface area contributed by atoms with Crippen LogP contribution in [-0.4, -0.2) is 46.6 Å². The second-order valence-electron chi connectivity index (χ2n) is 8.99. The van der Waals surface area contributed by atoms with Crippen molar-refractivity contribution in [3.8, 4) is 5.75 Å².